The number of ether oxygens (including phenoxy) is 2. The van der Waals surface area contributed by atoms with Crippen LogP contribution in [0, 0.1) is 0 Å². The summed E-state index contributed by atoms with van der Waals surface area (Å²) in [7, 11) is 2.80. The summed E-state index contributed by atoms with van der Waals surface area (Å²) in [4.78, 5) is 0. The van der Waals surface area contributed by atoms with Crippen LogP contribution in [0.2, 0.25) is 0 Å². The molecule has 4 aromatic carbocycles. The third-order valence-corrected chi connectivity index (χ3v) is 7.35. The number of aliphatic hydroxyl groups is 1. The van der Waals surface area contributed by atoms with E-state index in [0.717, 1.165) is 0 Å². The number of rotatable bonds is 6. The Kier molecular flexibility index (Phi) is 6.53. The predicted octanol–water partition coefficient (Wildman–Crippen LogP) is 4.68. The van der Waals surface area contributed by atoms with Crippen molar-refractivity contribution in [1.29, 1.82) is 0 Å². The third kappa shape index (κ3) is 4.46. The summed E-state index contributed by atoms with van der Waals surface area (Å²) in [6.07, 6.45) is -1.25. The Hall–Kier alpha value is -4.76. The van der Waals surface area contributed by atoms with Gasteiger partial charge in [0.1, 0.15) is 23.0 Å². The van der Waals surface area contributed by atoms with Crippen molar-refractivity contribution in [3.8, 4) is 46.0 Å². The van der Waals surface area contributed by atoms with E-state index in [1.807, 2.05) is 0 Å². The summed E-state index contributed by atoms with van der Waals surface area (Å²) in [5.41, 5.74) is 2.31. The zero-order valence-electron chi connectivity index (χ0n) is 21.1. The molecule has 0 aromatic heterocycles. The van der Waals surface area contributed by atoms with E-state index in [2.05, 4.69) is 0 Å². The van der Waals surface area contributed by atoms with Crippen LogP contribution in [-0.4, -0.2) is 50.0 Å². The Morgan fingerprint density at radius 2 is 1.21 bits per heavy atom. The van der Waals surface area contributed by atoms with Gasteiger partial charge >= 0.3 is 0 Å². The van der Waals surface area contributed by atoms with Crippen molar-refractivity contribution in [3.05, 3.63) is 94.5 Å². The maximum atomic E-state index is 11.8. The van der Waals surface area contributed by atoms with Gasteiger partial charge < -0.3 is 45.2 Å². The van der Waals surface area contributed by atoms with Crippen LogP contribution in [0.4, 0.5) is 0 Å². The molecule has 0 fully saturated rings. The van der Waals surface area contributed by atoms with Crippen LogP contribution in [0.15, 0.2) is 66.7 Å². The second-order valence-electron chi connectivity index (χ2n) is 9.59. The maximum Gasteiger partial charge on any atom is 0.160 e. The monoisotopic (exact) mass is 532 g/mol. The van der Waals surface area contributed by atoms with Crippen LogP contribution < -0.4 is 9.47 Å². The average Bonchev–Trinajstić information content (AvgIpc) is 3.23. The largest absolute Gasteiger partial charge is 0.508 e. The van der Waals surface area contributed by atoms with E-state index in [-0.39, 0.29) is 46.0 Å². The number of fused-ring (bicyclic) bond motifs is 1. The first-order valence-corrected chi connectivity index (χ1v) is 12.1. The number of phenols is 6. The molecule has 4 atom stereocenters. The first-order chi connectivity index (χ1) is 18.6. The van der Waals surface area contributed by atoms with E-state index in [4.69, 9.17) is 9.47 Å². The molecule has 0 radical (unpaired) electrons. The fourth-order valence-electron chi connectivity index (χ4n) is 5.76. The molecule has 0 spiro atoms. The Labute approximate surface area is 224 Å². The van der Waals surface area contributed by atoms with E-state index >= 15 is 0 Å². The van der Waals surface area contributed by atoms with Crippen molar-refractivity contribution in [2.45, 2.75) is 23.9 Å². The van der Waals surface area contributed by atoms with Crippen molar-refractivity contribution in [2.24, 2.45) is 0 Å². The van der Waals surface area contributed by atoms with Gasteiger partial charge in [-0.1, -0.05) is 12.1 Å². The Balaban J connectivity index is 1.80. The average molecular weight is 533 g/mol. The van der Waals surface area contributed by atoms with Gasteiger partial charge in [-0.3, -0.25) is 0 Å². The number of aromatic hydroxyl groups is 6. The van der Waals surface area contributed by atoms with Crippen molar-refractivity contribution in [1.82, 2.24) is 0 Å². The number of methoxy groups -OCH3 is 2. The quantitative estimate of drug-likeness (QED) is 0.187. The summed E-state index contributed by atoms with van der Waals surface area (Å²) in [6, 6.07) is 16.0. The van der Waals surface area contributed by atoms with E-state index in [9.17, 15) is 35.7 Å². The normalized spacial score (nSPS) is 18.9. The van der Waals surface area contributed by atoms with Crippen LogP contribution in [-0.2, 0) is 0 Å². The second-order valence-corrected chi connectivity index (χ2v) is 9.59. The van der Waals surface area contributed by atoms with Gasteiger partial charge in [-0.2, -0.15) is 0 Å². The van der Waals surface area contributed by atoms with Gasteiger partial charge in [-0.25, -0.2) is 0 Å². The minimum absolute atomic E-state index is 0.0891. The first-order valence-electron chi connectivity index (χ1n) is 12.1. The molecule has 7 N–H and O–H groups in total. The molecule has 0 aliphatic heterocycles. The zero-order chi connectivity index (χ0) is 28.0. The van der Waals surface area contributed by atoms with Crippen LogP contribution in [0.5, 0.6) is 46.0 Å². The van der Waals surface area contributed by atoms with Gasteiger partial charge in [0.15, 0.2) is 23.0 Å². The standard InChI is InChI=1S/C30H28O9/c1-38-24-9-14(3-5-21(24)34)26-27(16-7-17(31)11-18(32)8-16)29(20-12-19(33)13-23(36)28(20)26)30(37)15-4-6-22(35)25(10-15)39-2/h3-13,26-27,29-37H,1-2H3/t26-,27-,29-,30+/m0/s1. The minimum atomic E-state index is -1.25. The van der Waals surface area contributed by atoms with Crippen LogP contribution in [0.3, 0.4) is 0 Å². The lowest BCUT2D eigenvalue weighted by atomic mass is 9.74. The Morgan fingerprint density at radius 3 is 1.85 bits per heavy atom. The predicted molar refractivity (Wildman–Crippen MR) is 141 cm³/mol. The molecule has 0 amide bonds. The minimum Gasteiger partial charge on any atom is -0.508 e. The van der Waals surface area contributed by atoms with Crippen molar-refractivity contribution in [2.75, 3.05) is 14.2 Å². The molecule has 39 heavy (non-hydrogen) atoms. The lowest BCUT2D eigenvalue weighted by molar-refractivity contribution is 0.134. The molecule has 9 heteroatoms. The summed E-state index contributed by atoms with van der Waals surface area (Å²) < 4.78 is 10.6. The van der Waals surface area contributed by atoms with Crippen LogP contribution >= 0.6 is 0 Å². The highest BCUT2D eigenvalue weighted by Crippen LogP contribution is 2.62. The van der Waals surface area contributed by atoms with Gasteiger partial charge in [-0.15, -0.1) is 0 Å². The van der Waals surface area contributed by atoms with E-state index in [0.29, 0.717) is 27.8 Å². The van der Waals surface area contributed by atoms with Crippen LogP contribution in [0.25, 0.3) is 0 Å². The highest BCUT2D eigenvalue weighted by atomic mass is 16.5. The van der Waals surface area contributed by atoms with E-state index in [1.165, 1.54) is 62.8 Å². The number of hydrogen-bond acceptors (Lipinski definition) is 9. The van der Waals surface area contributed by atoms with Crippen LogP contribution in [0.1, 0.15) is 51.7 Å². The molecule has 0 bridgehead atoms. The lowest BCUT2D eigenvalue weighted by Gasteiger charge is -2.30. The summed E-state index contributed by atoms with van der Waals surface area (Å²) in [5, 5.41) is 74.5. The highest BCUT2D eigenvalue weighted by Gasteiger charge is 2.48. The molecule has 0 unspecified atom stereocenters. The molecule has 9 nitrogen and oxygen atoms in total. The van der Waals surface area contributed by atoms with Crippen molar-refractivity contribution in [3.63, 3.8) is 0 Å². The molecule has 0 heterocycles. The Bertz CT molecular complexity index is 1530. The maximum absolute atomic E-state index is 11.8. The molecule has 0 saturated carbocycles. The summed E-state index contributed by atoms with van der Waals surface area (Å²) in [6.45, 7) is 0. The molecule has 5 rings (SSSR count). The summed E-state index contributed by atoms with van der Waals surface area (Å²) in [5.74, 6) is -2.88. The molecule has 202 valence electrons. The first kappa shape index (κ1) is 25.9. The number of phenolic OH excluding ortho intramolecular Hbond substituents is 6. The topological polar surface area (TPSA) is 160 Å². The van der Waals surface area contributed by atoms with Gasteiger partial charge in [-0.05, 0) is 64.7 Å². The number of hydrogen-bond donors (Lipinski definition) is 7. The molecule has 4 aromatic rings. The molecular formula is C30H28O9. The lowest BCUT2D eigenvalue weighted by Crippen LogP contribution is -2.18. The third-order valence-electron chi connectivity index (χ3n) is 7.35. The fourth-order valence-corrected chi connectivity index (χ4v) is 5.76. The molecule has 1 aliphatic rings. The zero-order valence-corrected chi connectivity index (χ0v) is 21.1. The van der Waals surface area contributed by atoms with Crippen molar-refractivity contribution < 1.29 is 45.2 Å². The van der Waals surface area contributed by atoms with Gasteiger partial charge in [0.2, 0.25) is 0 Å². The second kappa shape index (κ2) is 9.85. The Morgan fingerprint density at radius 1 is 0.615 bits per heavy atom. The highest BCUT2D eigenvalue weighted by molar-refractivity contribution is 5.62. The van der Waals surface area contributed by atoms with E-state index < -0.39 is 23.9 Å². The fraction of sp³-hybridized carbons (Fsp3) is 0.200. The van der Waals surface area contributed by atoms with Gasteiger partial charge in [0.25, 0.3) is 0 Å². The molecule has 0 saturated heterocycles. The summed E-state index contributed by atoms with van der Waals surface area (Å²) >= 11 is 0. The SMILES string of the molecule is COc1cc([C@@H]2c3c(O)cc(O)cc3[C@H]([C@H](O)c3ccc(O)c(OC)c3)[C@H]2c2cc(O)cc(O)c2)ccc1O. The van der Waals surface area contributed by atoms with Crippen molar-refractivity contribution >= 4 is 0 Å². The number of benzene rings is 4. The van der Waals surface area contributed by atoms with Gasteiger partial charge in [0, 0.05) is 35.4 Å². The van der Waals surface area contributed by atoms with Gasteiger partial charge in [0.05, 0.1) is 20.3 Å². The van der Waals surface area contributed by atoms with E-state index in [1.54, 1.807) is 18.2 Å². The molecular weight excluding hydrogens is 504 g/mol. The smallest absolute Gasteiger partial charge is 0.160 e. The number of aliphatic hydroxyl groups excluding tert-OH is 1. The molecule has 1 aliphatic carbocycles.